The average Bonchev–Trinajstić information content (AvgIpc) is 3.21. The van der Waals surface area contributed by atoms with E-state index in [1.807, 2.05) is 6.92 Å². The van der Waals surface area contributed by atoms with Gasteiger partial charge in [0.05, 0.1) is 6.54 Å². The Morgan fingerprint density at radius 1 is 1.12 bits per heavy atom. The van der Waals surface area contributed by atoms with Crippen molar-refractivity contribution in [1.82, 2.24) is 24.4 Å². The third-order valence-electron chi connectivity index (χ3n) is 4.37. The zero-order valence-electron chi connectivity index (χ0n) is 15.3. The van der Waals surface area contributed by atoms with E-state index >= 15 is 0 Å². The van der Waals surface area contributed by atoms with Crippen molar-refractivity contribution in [2.45, 2.75) is 45.8 Å². The highest BCUT2D eigenvalue weighted by Crippen LogP contribution is 2.23. The van der Waals surface area contributed by atoms with Crippen molar-refractivity contribution < 1.29 is 9.26 Å². The molecule has 0 aliphatic carbocycles. The number of rotatable bonds is 6. The maximum absolute atomic E-state index is 5.36. The highest BCUT2D eigenvalue weighted by molar-refractivity contribution is 7.09. The van der Waals surface area contributed by atoms with Gasteiger partial charge in [0.15, 0.2) is 5.82 Å². The van der Waals surface area contributed by atoms with E-state index in [4.69, 9.17) is 9.26 Å². The standard InChI is InChI=1S/C16H26N6O2S/c1-11(2)14-18-16(25-20-14)22-7-5-6-21(8-9-22)10-13-17-15(19-24-13)12(3)23-4/h11-12H,5-10H2,1-4H3. The van der Waals surface area contributed by atoms with Gasteiger partial charge in [-0.05, 0) is 13.3 Å². The van der Waals surface area contributed by atoms with Crippen LogP contribution in [0, 0.1) is 0 Å². The monoisotopic (exact) mass is 366 g/mol. The van der Waals surface area contributed by atoms with Crippen molar-refractivity contribution >= 4 is 16.7 Å². The second-order valence-electron chi connectivity index (χ2n) is 6.63. The number of hydrogen-bond acceptors (Lipinski definition) is 9. The minimum atomic E-state index is -0.148. The molecule has 0 aromatic carbocycles. The molecule has 1 saturated heterocycles. The van der Waals surface area contributed by atoms with E-state index in [2.05, 4.69) is 43.1 Å². The fourth-order valence-electron chi connectivity index (χ4n) is 2.70. The van der Waals surface area contributed by atoms with Crippen LogP contribution in [-0.2, 0) is 11.3 Å². The number of methoxy groups -OCH3 is 1. The van der Waals surface area contributed by atoms with Crippen LogP contribution < -0.4 is 4.90 Å². The van der Waals surface area contributed by atoms with E-state index < -0.39 is 0 Å². The first-order chi connectivity index (χ1) is 12.1. The lowest BCUT2D eigenvalue weighted by Crippen LogP contribution is -2.30. The molecule has 2 aromatic heterocycles. The minimum absolute atomic E-state index is 0.148. The summed E-state index contributed by atoms with van der Waals surface area (Å²) in [5, 5.41) is 5.02. The van der Waals surface area contributed by atoms with Crippen LogP contribution >= 0.6 is 11.5 Å². The highest BCUT2D eigenvalue weighted by atomic mass is 32.1. The van der Waals surface area contributed by atoms with E-state index in [9.17, 15) is 0 Å². The maximum Gasteiger partial charge on any atom is 0.240 e. The van der Waals surface area contributed by atoms with Gasteiger partial charge in [-0.3, -0.25) is 4.90 Å². The normalized spacial score (nSPS) is 17.9. The van der Waals surface area contributed by atoms with Gasteiger partial charge in [0.1, 0.15) is 11.9 Å². The second-order valence-corrected chi connectivity index (χ2v) is 7.36. The number of hydrogen-bond donors (Lipinski definition) is 0. The van der Waals surface area contributed by atoms with E-state index in [0.717, 1.165) is 43.6 Å². The summed E-state index contributed by atoms with van der Waals surface area (Å²) in [6.45, 7) is 10.7. The third kappa shape index (κ3) is 4.53. The summed E-state index contributed by atoms with van der Waals surface area (Å²) in [5.74, 6) is 2.55. The predicted molar refractivity (Wildman–Crippen MR) is 95.8 cm³/mol. The van der Waals surface area contributed by atoms with Gasteiger partial charge in [0.2, 0.25) is 11.0 Å². The fourth-order valence-corrected chi connectivity index (χ4v) is 3.56. The second kappa shape index (κ2) is 8.20. The van der Waals surface area contributed by atoms with Crippen molar-refractivity contribution in [3.05, 3.63) is 17.5 Å². The molecule has 0 bridgehead atoms. The summed E-state index contributed by atoms with van der Waals surface area (Å²) in [7, 11) is 1.64. The molecule has 0 N–H and O–H groups in total. The first-order valence-electron chi connectivity index (χ1n) is 8.73. The zero-order valence-corrected chi connectivity index (χ0v) is 16.1. The molecule has 1 aliphatic rings. The van der Waals surface area contributed by atoms with Crippen LogP contribution in [0.25, 0.3) is 0 Å². The Labute approximate surface area is 152 Å². The molecule has 0 radical (unpaired) electrons. The van der Waals surface area contributed by atoms with Crippen LogP contribution in [-0.4, -0.2) is 57.7 Å². The Balaban J connectivity index is 1.57. The Hall–Kier alpha value is -1.58. The molecule has 25 heavy (non-hydrogen) atoms. The van der Waals surface area contributed by atoms with Crippen molar-refractivity contribution in [1.29, 1.82) is 0 Å². The van der Waals surface area contributed by atoms with Crippen molar-refractivity contribution in [3.8, 4) is 0 Å². The molecule has 2 aromatic rings. The largest absolute Gasteiger partial charge is 0.374 e. The molecule has 0 amide bonds. The molecule has 0 saturated carbocycles. The minimum Gasteiger partial charge on any atom is -0.374 e. The lowest BCUT2D eigenvalue weighted by atomic mass is 10.2. The molecule has 9 heteroatoms. The van der Waals surface area contributed by atoms with Crippen LogP contribution in [0.4, 0.5) is 5.13 Å². The van der Waals surface area contributed by atoms with Gasteiger partial charge < -0.3 is 14.2 Å². The summed E-state index contributed by atoms with van der Waals surface area (Å²) in [6.07, 6.45) is 0.927. The van der Waals surface area contributed by atoms with Crippen molar-refractivity contribution in [2.24, 2.45) is 0 Å². The van der Waals surface area contributed by atoms with Gasteiger partial charge in [-0.15, -0.1) is 0 Å². The van der Waals surface area contributed by atoms with Crippen LogP contribution in [0.2, 0.25) is 0 Å². The van der Waals surface area contributed by atoms with Crippen LogP contribution in [0.3, 0.4) is 0 Å². The quantitative estimate of drug-likeness (QED) is 0.771. The summed E-state index contributed by atoms with van der Waals surface area (Å²) in [5.41, 5.74) is 0. The average molecular weight is 366 g/mol. The molecule has 0 spiro atoms. The van der Waals surface area contributed by atoms with Crippen LogP contribution in [0.1, 0.15) is 56.8 Å². The predicted octanol–water partition coefficient (Wildman–Crippen LogP) is 2.46. The Morgan fingerprint density at radius 3 is 2.68 bits per heavy atom. The maximum atomic E-state index is 5.36. The lowest BCUT2D eigenvalue weighted by Gasteiger charge is -2.19. The summed E-state index contributed by atoms with van der Waals surface area (Å²) in [6, 6.07) is 0. The number of aromatic nitrogens is 4. The van der Waals surface area contributed by atoms with E-state index in [-0.39, 0.29) is 6.10 Å². The van der Waals surface area contributed by atoms with Gasteiger partial charge >= 0.3 is 0 Å². The van der Waals surface area contributed by atoms with Crippen molar-refractivity contribution in [2.75, 3.05) is 38.2 Å². The number of ether oxygens (including phenoxy) is 1. The number of nitrogens with zero attached hydrogens (tertiary/aromatic N) is 6. The Bertz CT molecular complexity index is 673. The SMILES string of the molecule is COC(C)c1noc(CN2CCCN(c3nc(C(C)C)ns3)CC2)n1. The Kier molecular flexibility index (Phi) is 5.98. The molecule has 1 fully saturated rings. The lowest BCUT2D eigenvalue weighted by molar-refractivity contribution is 0.109. The molecular formula is C16H26N6O2S. The highest BCUT2D eigenvalue weighted by Gasteiger charge is 2.21. The van der Waals surface area contributed by atoms with Crippen molar-refractivity contribution in [3.63, 3.8) is 0 Å². The topological polar surface area (TPSA) is 80.4 Å². The first-order valence-corrected chi connectivity index (χ1v) is 9.50. The third-order valence-corrected chi connectivity index (χ3v) is 5.16. The Morgan fingerprint density at radius 2 is 1.96 bits per heavy atom. The summed E-state index contributed by atoms with van der Waals surface area (Å²) in [4.78, 5) is 13.8. The smallest absolute Gasteiger partial charge is 0.240 e. The molecule has 8 nitrogen and oxygen atoms in total. The van der Waals surface area contributed by atoms with Crippen LogP contribution in [0.5, 0.6) is 0 Å². The molecule has 3 rings (SSSR count). The molecule has 1 unspecified atom stereocenters. The van der Waals surface area contributed by atoms with Gasteiger partial charge in [0.25, 0.3) is 0 Å². The molecule has 1 atom stereocenters. The fraction of sp³-hybridized carbons (Fsp3) is 0.750. The van der Waals surface area contributed by atoms with Gasteiger partial charge in [-0.1, -0.05) is 19.0 Å². The van der Waals surface area contributed by atoms with E-state index in [1.54, 1.807) is 7.11 Å². The molecule has 3 heterocycles. The summed E-state index contributed by atoms with van der Waals surface area (Å²) < 4.78 is 15.0. The molecule has 138 valence electrons. The van der Waals surface area contributed by atoms with Gasteiger partial charge in [-0.2, -0.15) is 9.36 Å². The van der Waals surface area contributed by atoms with E-state index in [1.165, 1.54) is 11.5 Å². The van der Waals surface area contributed by atoms with E-state index in [0.29, 0.717) is 24.2 Å². The number of anilines is 1. The first kappa shape index (κ1) is 18.2. The molecule has 1 aliphatic heterocycles. The summed E-state index contributed by atoms with van der Waals surface area (Å²) >= 11 is 1.50. The van der Waals surface area contributed by atoms with Gasteiger partial charge in [-0.25, -0.2) is 4.98 Å². The zero-order chi connectivity index (χ0) is 17.8. The van der Waals surface area contributed by atoms with Crippen LogP contribution in [0.15, 0.2) is 4.52 Å². The van der Waals surface area contributed by atoms with Gasteiger partial charge in [0, 0.05) is 50.7 Å². The molecular weight excluding hydrogens is 340 g/mol.